The summed E-state index contributed by atoms with van der Waals surface area (Å²) < 4.78 is 5.81. The minimum Gasteiger partial charge on any atom is -0.477 e. The minimum absolute atomic E-state index is 0.0223. The van der Waals surface area contributed by atoms with Gasteiger partial charge in [-0.15, -0.1) is 0 Å². The van der Waals surface area contributed by atoms with Gasteiger partial charge in [0, 0.05) is 5.69 Å². The molecule has 1 atom stereocenters. The number of hydrogen-bond donors (Lipinski definition) is 2. The van der Waals surface area contributed by atoms with Gasteiger partial charge in [0.15, 0.2) is 5.84 Å². The van der Waals surface area contributed by atoms with Crippen LogP contribution in [0, 0.1) is 12.8 Å². The quantitative estimate of drug-likeness (QED) is 0.331. The van der Waals surface area contributed by atoms with Gasteiger partial charge in [0.25, 0.3) is 0 Å². The molecule has 0 amide bonds. The summed E-state index contributed by atoms with van der Waals surface area (Å²) in [6.07, 6.45) is 4.62. The molecule has 1 heterocycles. The first-order chi connectivity index (χ1) is 9.62. The maximum Gasteiger partial charge on any atom is 0.224 e. The third kappa shape index (κ3) is 4.72. The van der Waals surface area contributed by atoms with E-state index in [9.17, 15) is 0 Å². The fraction of sp³-hybridized carbons (Fsp3) is 0.600. The Hall–Kier alpha value is -1.78. The molecule has 0 aliphatic heterocycles. The number of amidine groups is 1. The molecule has 1 rings (SSSR count). The summed E-state index contributed by atoms with van der Waals surface area (Å²) in [4.78, 5) is 4.33. The zero-order chi connectivity index (χ0) is 15.0. The second-order valence-corrected chi connectivity index (χ2v) is 5.02. The zero-order valence-electron chi connectivity index (χ0n) is 12.6. The van der Waals surface area contributed by atoms with Gasteiger partial charge in [-0.3, -0.25) is 0 Å². The van der Waals surface area contributed by atoms with Gasteiger partial charge < -0.3 is 15.7 Å². The molecule has 112 valence electrons. The molecule has 5 nitrogen and oxygen atoms in total. The van der Waals surface area contributed by atoms with Crippen molar-refractivity contribution in [1.29, 1.82) is 0 Å². The Morgan fingerprint density at radius 2 is 2.20 bits per heavy atom. The topological polar surface area (TPSA) is 80.7 Å². The summed E-state index contributed by atoms with van der Waals surface area (Å²) in [5, 5.41) is 11.8. The van der Waals surface area contributed by atoms with Gasteiger partial charge >= 0.3 is 0 Å². The van der Waals surface area contributed by atoms with Crippen molar-refractivity contribution < 1.29 is 9.94 Å². The second kappa shape index (κ2) is 8.40. The number of aryl methyl sites for hydroxylation is 1. The Bertz CT molecular complexity index is 447. The number of nitrogens with two attached hydrogens (primary N) is 1. The van der Waals surface area contributed by atoms with E-state index in [1.54, 1.807) is 6.07 Å². The third-order valence-electron chi connectivity index (χ3n) is 3.38. The molecule has 0 bridgehead atoms. The Morgan fingerprint density at radius 3 is 2.80 bits per heavy atom. The van der Waals surface area contributed by atoms with E-state index in [-0.39, 0.29) is 5.84 Å². The minimum atomic E-state index is 0.0223. The number of unbranched alkanes of at least 4 members (excludes halogenated alkanes) is 1. The Morgan fingerprint density at radius 1 is 1.45 bits per heavy atom. The van der Waals surface area contributed by atoms with Crippen LogP contribution in [0.3, 0.4) is 0 Å². The molecular weight excluding hydrogens is 254 g/mol. The molecule has 0 saturated carbocycles. The van der Waals surface area contributed by atoms with E-state index < -0.39 is 0 Å². The average molecular weight is 279 g/mol. The SMILES string of the molecule is CCCCC(CC)COc1nc(C)ccc1C(N)=NO. The Kier molecular flexibility index (Phi) is 6.84. The Balaban J connectivity index is 2.77. The van der Waals surface area contributed by atoms with Crippen molar-refractivity contribution in [2.24, 2.45) is 16.8 Å². The van der Waals surface area contributed by atoms with Crippen LogP contribution in [-0.4, -0.2) is 22.6 Å². The van der Waals surface area contributed by atoms with E-state index >= 15 is 0 Å². The van der Waals surface area contributed by atoms with E-state index in [0.29, 0.717) is 24.0 Å². The second-order valence-electron chi connectivity index (χ2n) is 5.02. The molecular formula is C15H25N3O2. The van der Waals surface area contributed by atoms with Gasteiger partial charge in [-0.1, -0.05) is 38.3 Å². The predicted octanol–water partition coefficient (Wildman–Crippen LogP) is 3.08. The third-order valence-corrected chi connectivity index (χ3v) is 3.38. The number of aromatic nitrogens is 1. The standard InChI is InChI=1S/C15H25N3O2/c1-4-6-7-12(5-2)10-20-15-13(14(16)18-19)9-8-11(3)17-15/h8-9,12,19H,4-7,10H2,1-3H3,(H2,16,18). The molecule has 0 aliphatic rings. The molecule has 1 unspecified atom stereocenters. The number of rotatable bonds is 8. The van der Waals surface area contributed by atoms with Crippen LogP contribution in [0.4, 0.5) is 0 Å². The largest absolute Gasteiger partial charge is 0.477 e. The molecule has 1 aromatic rings. The molecule has 0 fully saturated rings. The normalized spacial score (nSPS) is 13.2. The average Bonchev–Trinajstić information content (AvgIpc) is 2.47. The molecule has 0 spiro atoms. The highest BCUT2D eigenvalue weighted by Crippen LogP contribution is 2.19. The van der Waals surface area contributed by atoms with E-state index in [4.69, 9.17) is 15.7 Å². The van der Waals surface area contributed by atoms with Crippen LogP contribution in [0.1, 0.15) is 50.8 Å². The molecule has 5 heteroatoms. The van der Waals surface area contributed by atoms with Crippen molar-refractivity contribution in [3.8, 4) is 5.88 Å². The number of oxime groups is 1. The van der Waals surface area contributed by atoms with Crippen LogP contribution >= 0.6 is 0 Å². The molecule has 3 N–H and O–H groups in total. The van der Waals surface area contributed by atoms with Crippen molar-refractivity contribution in [2.45, 2.75) is 46.5 Å². The first-order valence-corrected chi connectivity index (χ1v) is 7.20. The number of hydrogen-bond acceptors (Lipinski definition) is 4. The summed E-state index contributed by atoms with van der Waals surface area (Å²) in [7, 11) is 0. The maximum absolute atomic E-state index is 8.80. The van der Waals surface area contributed by atoms with Crippen molar-refractivity contribution in [2.75, 3.05) is 6.61 Å². The van der Waals surface area contributed by atoms with E-state index in [2.05, 4.69) is 24.0 Å². The van der Waals surface area contributed by atoms with E-state index in [1.807, 2.05) is 13.0 Å². The smallest absolute Gasteiger partial charge is 0.224 e. The van der Waals surface area contributed by atoms with Crippen molar-refractivity contribution >= 4 is 5.84 Å². The molecule has 0 radical (unpaired) electrons. The molecule has 0 aromatic carbocycles. The molecule has 1 aromatic heterocycles. The lowest BCUT2D eigenvalue weighted by molar-refractivity contribution is 0.225. The molecule has 0 aliphatic carbocycles. The van der Waals surface area contributed by atoms with Crippen LogP contribution in [0.5, 0.6) is 5.88 Å². The van der Waals surface area contributed by atoms with Crippen LogP contribution in [0.15, 0.2) is 17.3 Å². The predicted molar refractivity (Wildman–Crippen MR) is 80.3 cm³/mol. The first-order valence-electron chi connectivity index (χ1n) is 7.20. The van der Waals surface area contributed by atoms with Crippen LogP contribution in [0.2, 0.25) is 0 Å². The number of ether oxygens (including phenoxy) is 1. The van der Waals surface area contributed by atoms with Crippen molar-refractivity contribution in [1.82, 2.24) is 4.98 Å². The lowest BCUT2D eigenvalue weighted by Crippen LogP contribution is -2.18. The van der Waals surface area contributed by atoms with Crippen LogP contribution in [0.25, 0.3) is 0 Å². The first kappa shape index (κ1) is 16.3. The van der Waals surface area contributed by atoms with Crippen molar-refractivity contribution in [3.05, 3.63) is 23.4 Å². The molecule has 0 saturated heterocycles. The fourth-order valence-corrected chi connectivity index (χ4v) is 1.99. The molecule has 20 heavy (non-hydrogen) atoms. The van der Waals surface area contributed by atoms with Gasteiger partial charge in [0.05, 0.1) is 12.2 Å². The summed E-state index contributed by atoms with van der Waals surface area (Å²) in [5.41, 5.74) is 7.02. The number of nitrogens with zero attached hydrogens (tertiary/aromatic N) is 2. The van der Waals surface area contributed by atoms with Crippen LogP contribution in [-0.2, 0) is 0 Å². The number of pyridine rings is 1. The summed E-state index contributed by atoms with van der Waals surface area (Å²) in [6.45, 7) is 6.85. The highest BCUT2D eigenvalue weighted by molar-refractivity contribution is 5.99. The fourth-order valence-electron chi connectivity index (χ4n) is 1.99. The van der Waals surface area contributed by atoms with Gasteiger partial charge in [-0.05, 0) is 31.4 Å². The summed E-state index contributed by atoms with van der Waals surface area (Å²) >= 11 is 0. The highest BCUT2D eigenvalue weighted by atomic mass is 16.5. The van der Waals surface area contributed by atoms with Crippen molar-refractivity contribution in [3.63, 3.8) is 0 Å². The highest BCUT2D eigenvalue weighted by Gasteiger charge is 2.13. The lowest BCUT2D eigenvalue weighted by Gasteiger charge is -2.16. The monoisotopic (exact) mass is 279 g/mol. The van der Waals surface area contributed by atoms with Gasteiger partial charge in [0.1, 0.15) is 0 Å². The van der Waals surface area contributed by atoms with Gasteiger partial charge in [-0.25, -0.2) is 4.98 Å². The van der Waals surface area contributed by atoms with E-state index in [1.165, 1.54) is 12.8 Å². The van der Waals surface area contributed by atoms with Gasteiger partial charge in [-0.2, -0.15) is 0 Å². The van der Waals surface area contributed by atoms with E-state index in [0.717, 1.165) is 18.5 Å². The lowest BCUT2D eigenvalue weighted by atomic mass is 10.0. The summed E-state index contributed by atoms with van der Waals surface area (Å²) in [6, 6.07) is 3.58. The zero-order valence-corrected chi connectivity index (χ0v) is 12.6. The maximum atomic E-state index is 8.80. The van der Waals surface area contributed by atoms with Gasteiger partial charge in [0.2, 0.25) is 5.88 Å². The van der Waals surface area contributed by atoms with Crippen LogP contribution < -0.4 is 10.5 Å². The summed E-state index contributed by atoms with van der Waals surface area (Å²) in [5.74, 6) is 0.974. The Labute approximate surface area is 120 Å².